The summed E-state index contributed by atoms with van der Waals surface area (Å²) in [4.78, 5) is 18.8. The van der Waals surface area contributed by atoms with Gasteiger partial charge in [-0.2, -0.15) is 9.97 Å². The van der Waals surface area contributed by atoms with Crippen LogP contribution in [-0.4, -0.2) is 39.6 Å². The largest absolute Gasteiger partial charge is 0.355 e. The summed E-state index contributed by atoms with van der Waals surface area (Å²) in [6.07, 6.45) is 8.15. The van der Waals surface area contributed by atoms with E-state index >= 15 is 0 Å². The molecule has 20 heavy (non-hydrogen) atoms. The number of fused-ring (bicyclic) bond motifs is 1. The van der Waals surface area contributed by atoms with Crippen LogP contribution in [0.4, 0.5) is 11.8 Å². The number of nitrogens with one attached hydrogen (secondary N) is 2. The van der Waals surface area contributed by atoms with Gasteiger partial charge in [-0.15, -0.1) is 0 Å². The van der Waals surface area contributed by atoms with Crippen molar-refractivity contribution in [2.75, 3.05) is 23.8 Å². The van der Waals surface area contributed by atoms with Crippen LogP contribution in [0.2, 0.25) is 0 Å². The number of hydrogen-bond acceptors (Lipinski definition) is 5. The molecule has 2 aromatic rings. The third-order valence-electron chi connectivity index (χ3n) is 4.06. The van der Waals surface area contributed by atoms with Crippen LogP contribution in [-0.2, 0) is 0 Å². The second-order valence-corrected chi connectivity index (χ2v) is 5.41. The first-order valence-electron chi connectivity index (χ1n) is 7.47. The zero-order valence-electron chi connectivity index (χ0n) is 12.2. The van der Waals surface area contributed by atoms with Crippen molar-refractivity contribution in [1.29, 1.82) is 0 Å². The van der Waals surface area contributed by atoms with Gasteiger partial charge in [-0.3, -0.25) is 0 Å². The monoisotopic (exact) mass is 274 g/mol. The Balaban J connectivity index is 1.97. The molecule has 2 N–H and O–H groups in total. The van der Waals surface area contributed by atoms with E-state index in [-0.39, 0.29) is 0 Å². The van der Waals surface area contributed by atoms with Crippen LogP contribution < -0.4 is 10.2 Å². The van der Waals surface area contributed by atoms with Crippen molar-refractivity contribution in [3.8, 4) is 0 Å². The minimum atomic E-state index is 0.569. The van der Waals surface area contributed by atoms with Crippen LogP contribution in [0.25, 0.3) is 11.2 Å². The average molecular weight is 274 g/mol. The van der Waals surface area contributed by atoms with Crippen molar-refractivity contribution in [3.05, 3.63) is 6.33 Å². The number of nitrogens with zero attached hydrogens (tertiary/aromatic N) is 4. The van der Waals surface area contributed by atoms with E-state index in [4.69, 9.17) is 0 Å². The highest BCUT2D eigenvalue weighted by atomic mass is 15.3. The normalized spacial score (nSPS) is 16.5. The van der Waals surface area contributed by atoms with Gasteiger partial charge in [-0.1, -0.05) is 19.3 Å². The smallest absolute Gasteiger partial charge is 0.226 e. The molecule has 6 nitrogen and oxygen atoms in total. The average Bonchev–Trinajstić information content (AvgIpc) is 2.95. The van der Waals surface area contributed by atoms with Gasteiger partial charge in [0.2, 0.25) is 5.95 Å². The Hall–Kier alpha value is -1.85. The standard InChI is InChI=1S/C14H22N6/c1-3-15-14-18-12-11(16-9-17-12)13(19-14)20(2)10-7-5-4-6-8-10/h9-10H,3-8H2,1-2H3,(H2,15,16,17,18,19). The number of aromatic amines is 1. The summed E-state index contributed by atoms with van der Waals surface area (Å²) in [5.74, 6) is 1.61. The van der Waals surface area contributed by atoms with Gasteiger partial charge in [0, 0.05) is 19.6 Å². The van der Waals surface area contributed by atoms with Crippen molar-refractivity contribution in [2.45, 2.75) is 45.1 Å². The lowest BCUT2D eigenvalue weighted by atomic mass is 9.94. The number of hydrogen-bond donors (Lipinski definition) is 2. The maximum atomic E-state index is 4.67. The maximum Gasteiger partial charge on any atom is 0.226 e. The second-order valence-electron chi connectivity index (χ2n) is 5.41. The van der Waals surface area contributed by atoms with E-state index in [0.29, 0.717) is 12.0 Å². The predicted molar refractivity (Wildman–Crippen MR) is 81.1 cm³/mol. The molecule has 0 unspecified atom stereocenters. The fraction of sp³-hybridized carbons (Fsp3) is 0.643. The van der Waals surface area contributed by atoms with Crippen LogP contribution >= 0.6 is 0 Å². The molecule has 2 heterocycles. The van der Waals surface area contributed by atoms with E-state index in [2.05, 4.69) is 37.2 Å². The third-order valence-corrected chi connectivity index (χ3v) is 4.06. The predicted octanol–water partition coefficient (Wildman–Crippen LogP) is 2.55. The van der Waals surface area contributed by atoms with Crippen LogP contribution in [0, 0.1) is 0 Å². The summed E-state index contributed by atoms with van der Waals surface area (Å²) < 4.78 is 0. The molecule has 1 aliphatic rings. The van der Waals surface area contributed by atoms with E-state index in [9.17, 15) is 0 Å². The number of imidazole rings is 1. The summed E-state index contributed by atoms with van der Waals surface area (Å²) in [6, 6.07) is 0.569. The molecule has 0 spiro atoms. The number of rotatable bonds is 4. The summed E-state index contributed by atoms with van der Waals surface area (Å²) in [6.45, 7) is 2.85. The van der Waals surface area contributed by atoms with Gasteiger partial charge in [0.15, 0.2) is 11.5 Å². The molecule has 1 fully saturated rings. The molecule has 0 aromatic carbocycles. The highest BCUT2D eigenvalue weighted by molar-refractivity contribution is 5.84. The fourth-order valence-corrected chi connectivity index (χ4v) is 2.95. The molecule has 1 aliphatic carbocycles. The van der Waals surface area contributed by atoms with Crippen LogP contribution in [0.3, 0.4) is 0 Å². The van der Waals surface area contributed by atoms with Crippen LogP contribution in [0.1, 0.15) is 39.0 Å². The van der Waals surface area contributed by atoms with Gasteiger partial charge >= 0.3 is 0 Å². The maximum absolute atomic E-state index is 4.67. The Morgan fingerprint density at radius 1 is 1.30 bits per heavy atom. The van der Waals surface area contributed by atoms with Gasteiger partial charge in [0.05, 0.1) is 6.33 Å². The quantitative estimate of drug-likeness (QED) is 0.896. The minimum Gasteiger partial charge on any atom is -0.355 e. The number of anilines is 2. The first-order chi connectivity index (χ1) is 9.79. The Bertz CT molecular complexity index is 572. The molecular formula is C14H22N6. The van der Waals surface area contributed by atoms with Crippen molar-refractivity contribution >= 4 is 22.9 Å². The highest BCUT2D eigenvalue weighted by Crippen LogP contribution is 2.28. The number of H-pyrrole nitrogens is 1. The topological polar surface area (TPSA) is 69.7 Å². The van der Waals surface area contributed by atoms with Gasteiger partial charge in [-0.25, -0.2) is 4.98 Å². The SMILES string of the molecule is CCNc1nc(N(C)C2CCCCC2)c2[nH]cnc2n1. The molecule has 3 rings (SSSR count). The van der Waals surface area contributed by atoms with Crippen LogP contribution in [0.15, 0.2) is 6.33 Å². The van der Waals surface area contributed by atoms with Gasteiger partial charge < -0.3 is 15.2 Å². The molecular weight excluding hydrogens is 252 g/mol. The zero-order chi connectivity index (χ0) is 13.9. The van der Waals surface area contributed by atoms with Crippen molar-refractivity contribution < 1.29 is 0 Å². The van der Waals surface area contributed by atoms with E-state index in [0.717, 1.165) is 23.5 Å². The van der Waals surface area contributed by atoms with Crippen molar-refractivity contribution in [2.24, 2.45) is 0 Å². The number of aromatic nitrogens is 4. The van der Waals surface area contributed by atoms with Gasteiger partial charge in [0.25, 0.3) is 0 Å². The summed E-state index contributed by atoms with van der Waals surface area (Å²) >= 11 is 0. The van der Waals surface area contributed by atoms with E-state index in [1.54, 1.807) is 6.33 Å². The molecule has 1 saturated carbocycles. The van der Waals surface area contributed by atoms with Crippen molar-refractivity contribution in [3.63, 3.8) is 0 Å². The van der Waals surface area contributed by atoms with Crippen LogP contribution in [0.5, 0.6) is 0 Å². The Morgan fingerprint density at radius 3 is 2.85 bits per heavy atom. The van der Waals surface area contributed by atoms with Crippen molar-refractivity contribution in [1.82, 2.24) is 19.9 Å². The lowest BCUT2D eigenvalue weighted by molar-refractivity contribution is 0.426. The molecule has 0 bridgehead atoms. The highest BCUT2D eigenvalue weighted by Gasteiger charge is 2.22. The molecule has 0 radical (unpaired) electrons. The Labute approximate surface area is 119 Å². The van der Waals surface area contributed by atoms with E-state index in [1.807, 2.05) is 6.92 Å². The Kier molecular flexibility index (Phi) is 3.71. The molecule has 0 saturated heterocycles. The first-order valence-corrected chi connectivity index (χ1v) is 7.47. The summed E-state index contributed by atoms with van der Waals surface area (Å²) in [5.41, 5.74) is 1.66. The Morgan fingerprint density at radius 2 is 2.10 bits per heavy atom. The molecule has 2 aromatic heterocycles. The zero-order valence-corrected chi connectivity index (χ0v) is 12.2. The first kappa shape index (κ1) is 13.1. The fourth-order valence-electron chi connectivity index (χ4n) is 2.95. The lowest BCUT2D eigenvalue weighted by Crippen LogP contribution is -2.34. The minimum absolute atomic E-state index is 0.569. The van der Waals surface area contributed by atoms with Gasteiger partial charge in [-0.05, 0) is 19.8 Å². The summed E-state index contributed by atoms with van der Waals surface area (Å²) in [5, 5.41) is 3.18. The molecule has 0 aliphatic heterocycles. The molecule has 108 valence electrons. The van der Waals surface area contributed by atoms with E-state index in [1.165, 1.54) is 32.1 Å². The second kappa shape index (κ2) is 5.64. The molecule has 0 atom stereocenters. The lowest BCUT2D eigenvalue weighted by Gasteiger charge is -2.32. The van der Waals surface area contributed by atoms with Gasteiger partial charge in [0.1, 0.15) is 5.52 Å². The summed E-state index contributed by atoms with van der Waals surface area (Å²) in [7, 11) is 2.13. The van der Waals surface area contributed by atoms with E-state index < -0.39 is 0 Å². The third kappa shape index (κ3) is 2.42. The molecule has 0 amide bonds. The molecule has 6 heteroatoms.